The smallest absolute Gasteiger partial charge is 0.338 e. The highest BCUT2D eigenvalue weighted by Crippen LogP contribution is 2.41. The minimum atomic E-state index is -1.07. The average Bonchev–Trinajstić information content (AvgIpc) is 3.41. The van der Waals surface area contributed by atoms with Gasteiger partial charge in [-0.2, -0.15) is 0 Å². The van der Waals surface area contributed by atoms with Crippen molar-refractivity contribution in [3.05, 3.63) is 73.3 Å². The van der Waals surface area contributed by atoms with Crippen LogP contribution in [0, 0.1) is 17.6 Å². The normalized spacial score (nSPS) is 20.0. The molecule has 2 aromatic rings. The molecule has 0 saturated heterocycles. The number of aromatic nitrogens is 1. The highest BCUT2D eigenvalue weighted by atomic mass is 79.9. The van der Waals surface area contributed by atoms with E-state index in [9.17, 15) is 18.4 Å². The van der Waals surface area contributed by atoms with Crippen LogP contribution in [0.1, 0.15) is 42.8 Å². The van der Waals surface area contributed by atoms with Crippen molar-refractivity contribution in [2.24, 2.45) is 10.9 Å². The summed E-state index contributed by atoms with van der Waals surface area (Å²) < 4.78 is 38.5. The molecule has 0 bridgehead atoms. The Bertz CT molecular complexity index is 1240. The maximum absolute atomic E-state index is 14.5. The molecule has 1 aromatic heterocycles. The van der Waals surface area contributed by atoms with Gasteiger partial charge in [-0.05, 0) is 53.7 Å². The first-order chi connectivity index (χ1) is 16.8. The van der Waals surface area contributed by atoms with Gasteiger partial charge in [0.25, 0.3) is 0 Å². The summed E-state index contributed by atoms with van der Waals surface area (Å²) in [4.78, 5) is 34.2. The van der Waals surface area contributed by atoms with E-state index in [0.29, 0.717) is 41.4 Å². The molecule has 1 aliphatic heterocycles. The monoisotopic (exact) mass is 565 g/mol. The van der Waals surface area contributed by atoms with E-state index < -0.39 is 23.6 Å². The van der Waals surface area contributed by atoms with Crippen LogP contribution in [-0.2, 0) is 19.1 Å². The van der Waals surface area contributed by atoms with Crippen LogP contribution in [0.15, 0.2) is 56.1 Å². The number of esters is 2. The molecule has 2 atom stereocenters. The lowest BCUT2D eigenvalue weighted by atomic mass is 9.82. The zero-order valence-corrected chi connectivity index (χ0v) is 21.3. The van der Waals surface area contributed by atoms with Crippen molar-refractivity contribution >= 4 is 45.0 Å². The molecule has 35 heavy (non-hydrogen) atoms. The van der Waals surface area contributed by atoms with Crippen molar-refractivity contribution in [1.82, 2.24) is 10.3 Å². The quantitative estimate of drug-likeness (QED) is 0.392. The number of nitrogens with zero attached hydrogens (tertiary/aromatic N) is 2. The Morgan fingerprint density at radius 2 is 2.09 bits per heavy atom. The van der Waals surface area contributed by atoms with Crippen molar-refractivity contribution < 1.29 is 27.8 Å². The molecule has 1 aliphatic carbocycles. The number of nitrogens with one attached hydrogen (secondary N) is 1. The molecule has 184 valence electrons. The lowest BCUT2D eigenvalue weighted by Crippen LogP contribution is -2.37. The number of halogens is 3. The van der Waals surface area contributed by atoms with Crippen molar-refractivity contribution in [3.63, 3.8) is 0 Å². The molecule has 0 spiro atoms. The van der Waals surface area contributed by atoms with Crippen molar-refractivity contribution in [1.29, 1.82) is 0 Å². The molecule has 2 heterocycles. The molecule has 0 amide bonds. The lowest BCUT2D eigenvalue weighted by molar-refractivity contribution is -0.139. The van der Waals surface area contributed by atoms with E-state index in [4.69, 9.17) is 14.5 Å². The maximum atomic E-state index is 14.5. The van der Waals surface area contributed by atoms with E-state index in [-0.39, 0.29) is 34.1 Å². The highest BCUT2D eigenvalue weighted by Gasteiger charge is 2.38. The standard InChI is InChI=1S/C24H22BrF2N3O4S/c1-3-34-24(32)16-19(12-4-6-13(7-5-12)23(31)33-2)29-21(22-28-10-11-35-22)30-20(16)14-8-9-15(26)18(27)17(14)25/h6,8-12,20H,3-5,7H2,1-2H3,(H,29,30)/t12-,20?/m0/s1. The molecule has 11 heteroatoms. The van der Waals surface area contributed by atoms with Crippen LogP contribution >= 0.6 is 27.3 Å². The lowest BCUT2D eigenvalue weighted by Gasteiger charge is -2.32. The Kier molecular flexibility index (Phi) is 7.75. The summed E-state index contributed by atoms with van der Waals surface area (Å²) in [5.41, 5.74) is 1.62. The predicted molar refractivity (Wildman–Crippen MR) is 130 cm³/mol. The second-order valence-corrected chi connectivity index (χ2v) is 9.53. The first-order valence-corrected chi connectivity index (χ1v) is 12.6. The topological polar surface area (TPSA) is 89.9 Å². The Labute approximate surface area is 213 Å². The molecule has 0 radical (unpaired) electrons. The number of methoxy groups -OCH3 is 1. The average molecular weight is 566 g/mol. The fourth-order valence-corrected chi connectivity index (χ4v) is 5.29. The van der Waals surface area contributed by atoms with E-state index in [1.54, 1.807) is 24.6 Å². The van der Waals surface area contributed by atoms with Crippen molar-refractivity contribution in [2.45, 2.75) is 32.2 Å². The van der Waals surface area contributed by atoms with Gasteiger partial charge < -0.3 is 14.8 Å². The fourth-order valence-electron chi connectivity index (χ4n) is 4.16. The van der Waals surface area contributed by atoms with Crippen molar-refractivity contribution in [3.8, 4) is 0 Å². The van der Waals surface area contributed by atoms with Crippen LogP contribution in [0.4, 0.5) is 8.78 Å². The van der Waals surface area contributed by atoms with Crippen LogP contribution in [0.2, 0.25) is 0 Å². The molecule has 1 aromatic carbocycles. The number of aliphatic imine (C=N–C) groups is 1. The fraction of sp³-hybridized carbons (Fsp3) is 0.333. The van der Waals surface area contributed by atoms with Gasteiger partial charge >= 0.3 is 11.9 Å². The van der Waals surface area contributed by atoms with Gasteiger partial charge in [0.1, 0.15) is 6.04 Å². The van der Waals surface area contributed by atoms with E-state index in [1.165, 1.54) is 24.5 Å². The Balaban J connectivity index is 1.86. The van der Waals surface area contributed by atoms with Crippen LogP contribution in [0.5, 0.6) is 0 Å². The number of benzene rings is 1. The summed E-state index contributed by atoms with van der Waals surface area (Å²) in [6.07, 6.45) is 4.91. The summed E-state index contributed by atoms with van der Waals surface area (Å²) >= 11 is 4.50. The SMILES string of the molecule is CCOC(=O)C1=C([C@H]2CC=C(C(=O)OC)CC2)NC(c2nccs2)=NC1c1ccc(F)c(F)c1Br. The first kappa shape index (κ1) is 25.2. The summed E-state index contributed by atoms with van der Waals surface area (Å²) in [7, 11) is 1.33. The third kappa shape index (κ3) is 5.06. The van der Waals surface area contributed by atoms with Gasteiger partial charge in [-0.1, -0.05) is 12.1 Å². The molecular formula is C24H22BrF2N3O4S. The number of ether oxygens (including phenoxy) is 2. The third-order valence-corrected chi connectivity index (χ3v) is 7.42. The van der Waals surface area contributed by atoms with Gasteiger partial charge in [-0.3, -0.25) is 4.99 Å². The minimum absolute atomic E-state index is 0.121. The number of amidine groups is 1. The second kappa shape index (κ2) is 10.8. The van der Waals surface area contributed by atoms with Gasteiger partial charge in [0.15, 0.2) is 22.5 Å². The van der Waals surface area contributed by atoms with E-state index in [1.807, 2.05) is 0 Å². The molecule has 1 N–H and O–H groups in total. The van der Waals surface area contributed by atoms with E-state index in [0.717, 1.165) is 6.07 Å². The first-order valence-electron chi connectivity index (χ1n) is 10.9. The van der Waals surface area contributed by atoms with Crippen LogP contribution in [-0.4, -0.2) is 36.5 Å². The molecule has 0 fully saturated rings. The van der Waals surface area contributed by atoms with Gasteiger partial charge in [-0.15, -0.1) is 11.3 Å². The Hall–Kier alpha value is -2.92. The maximum Gasteiger partial charge on any atom is 0.338 e. The summed E-state index contributed by atoms with van der Waals surface area (Å²) in [6.45, 7) is 1.81. The summed E-state index contributed by atoms with van der Waals surface area (Å²) in [5, 5.41) is 5.64. The van der Waals surface area contributed by atoms with Crippen LogP contribution in [0.25, 0.3) is 0 Å². The summed E-state index contributed by atoms with van der Waals surface area (Å²) in [5.74, 6) is -2.85. The molecule has 4 rings (SSSR count). The molecular weight excluding hydrogens is 544 g/mol. The molecule has 0 saturated carbocycles. The number of rotatable bonds is 6. The molecule has 7 nitrogen and oxygen atoms in total. The van der Waals surface area contributed by atoms with Crippen molar-refractivity contribution in [2.75, 3.05) is 13.7 Å². The number of hydrogen-bond acceptors (Lipinski definition) is 8. The molecule has 1 unspecified atom stereocenters. The summed E-state index contributed by atoms with van der Waals surface area (Å²) in [6, 6.07) is 1.43. The number of allylic oxidation sites excluding steroid dienone is 2. The zero-order chi connectivity index (χ0) is 25.1. The van der Waals surface area contributed by atoms with Crippen LogP contribution < -0.4 is 5.32 Å². The molecule has 2 aliphatic rings. The second-order valence-electron chi connectivity index (χ2n) is 7.85. The van der Waals surface area contributed by atoms with E-state index in [2.05, 4.69) is 26.2 Å². The highest BCUT2D eigenvalue weighted by molar-refractivity contribution is 9.10. The predicted octanol–water partition coefficient (Wildman–Crippen LogP) is 4.99. The van der Waals surface area contributed by atoms with E-state index >= 15 is 0 Å². The number of hydrogen-bond donors (Lipinski definition) is 1. The number of thiazole rings is 1. The van der Waals surface area contributed by atoms with Gasteiger partial charge in [0.2, 0.25) is 0 Å². The van der Waals surface area contributed by atoms with Gasteiger partial charge in [0, 0.05) is 28.8 Å². The Morgan fingerprint density at radius 3 is 2.71 bits per heavy atom. The minimum Gasteiger partial charge on any atom is -0.466 e. The largest absolute Gasteiger partial charge is 0.466 e. The van der Waals surface area contributed by atoms with Gasteiger partial charge in [-0.25, -0.2) is 23.4 Å². The van der Waals surface area contributed by atoms with Crippen LogP contribution in [0.3, 0.4) is 0 Å². The number of carbonyl (C=O) groups is 2. The Morgan fingerprint density at radius 1 is 1.29 bits per heavy atom. The zero-order valence-electron chi connectivity index (χ0n) is 18.9. The third-order valence-electron chi connectivity index (χ3n) is 5.83. The van der Waals surface area contributed by atoms with Gasteiger partial charge in [0.05, 0.1) is 23.8 Å². The number of carbonyl (C=O) groups excluding carboxylic acids is 2.